The molecule has 0 bridgehead atoms. The van der Waals surface area contributed by atoms with E-state index in [-0.39, 0.29) is 5.91 Å². The Labute approximate surface area is 86.2 Å². The molecule has 0 aromatic rings. The summed E-state index contributed by atoms with van der Waals surface area (Å²) in [6, 6.07) is 0. The van der Waals surface area contributed by atoms with Gasteiger partial charge in [0.25, 0.3) is 0 Å². The molecule has 0 saturated carbocycles. The third kappa shape index (κ3) is 4.88. The van der Waals surface area contributed by atoms with Gasteiger partial charge in [-0.05, 0) is 27.7 Å². The monoisotopic (exact) mass is 197 g/mol. The molecule has 0 aliphatic heterocycles. The summed E-state index contributed by atoms with van der Waals surface area (Å²) in [7, 11) is 1.58. The number of amides is 1. The largest absolute Gasteiger partial charge is 0.378 e. The van der Waals surface area contributed by atoms with Crippen molar-refractivity contribution in [2.24, 2.45) is 0 Å². The molecule has 0 aromatic heterocycles. The minimum absolute atomic E-state index is 0.0974. The fraction of sp³-hybridized carbons (Fsp3) is 0.727. The van der Waals surface area contributed by atoms with E-state index in [9.17, 15) is 4.79 Å². The molecule has 0 radical (unpaired) electrons. The van der Waals surface area contributed by atoms with E-state index in [2.05, 4.69) is 11.2 Å². The van der Waals surface area contributed by atoms with E-state index in [1.54, 1.807) is 21.0 Å². The van der Waals surface area contributed by atoms with Crippen LogP contribution in [0.1, 0.15) is 34.1 Å². The van der Waals surface area contributed by atoms with Gasteiger partial charge in [0, 0.05) is 7.11 Å². The van der Waals surface area contributed by atoms with Crippen molar-refractivity contribution in [3.63, 3.8) is 0 Å². The Hall–Kier alpha value is -1.01. The van der Waals surface area contributed by atoms with E-state index >= 15 is 0 Å². The normalized spacial score (nSPS) is 12.0. The maximum Gasteiger partial charge on any atom is 0.224 e. The van der Waals surface area contributed by atoms with Crippen LogP contribution in [0.2, 0.25) is 0 Å². The Bertz CT molecular complexity index is 249. The van der Waals surface area contributed by atoms with Crippen LogP contribution in [0.15, 0.2) is 0 Å². The number of methoxy groups -OCH3 is 1. The molecule has 14 heavy (non-hydrogen) atoms. The van der Waals surface area contributed by atoms with Gasteiger partial charge in [-0.2, -0.15) is 0 Å². The summed E-state index contributed by atoms with van der Waals surface area (Å²) in [4.78, 5) is 11.5. The molecule has 0 heterocycles. The summed E-state index contributed by atoms with van der Waals surface area (Å²) < 4.78 is 5.14. The minimum Gasteiger partial charge on any atom is -0.378 e. The number of carbonyl (C=O) groups is 1. The molecule has 3 nitrogen and oxygen atoms in total. The highest BCUT2D eigenvalue weighted by Crippen LogP contribution is 2.13. The number of hydrogen-bond acceptors (Lipinski definition) is 2. The summed E-state index contributed by atoms with van der Waals surface area (Å²) in [6.45, 7) is 7.28. The highest BCUT2D eigenvalue weighted by atomic mass is 16.5. The molecular weight excluding hydrogens is 178 g/mol. The molecule has 80 valence electrons. The van der Waals surface area contributed by atoms with Crippen molar-refractivity contribution in [2.75, 3.05) is 7.11 Å². The van der Waals surface area contributed by atoms with E-state index in [1.165, 1.54) is 0 Å². The summed E-state index contributed by atoms with van der Waals surface area (Å²) in [6.07, 6.45) is 5.56. The summed E-state index contributed by atoms with van der Waals surface area (Å²) >= 11 is 0. The second kappa shape index (κ2) is 4.47. The number of hydrogen-bond donors (Lipinski definition) is 1. The lowest BCUT2D eigenvalue weighted by Gasteiger charge is -2.25. The summed E-state index contributed by atoms with van der Waals surface area (Å²) in [5, 5.41) is 2.74. The van der Waals surface area contributed by atoms with Gasteiger partial charge in [0.1, 0.15) is 0 Å². The molecule has 1 N–H and O–H groups in total. The zero-order chi connectivity index (χ0) is 11.4. The average molecular weight is 197 g/mol. The average Bonchev–Trinajstić information content (AvgIpc) is 2.02. The van der Waals surface area contributed by atoms with Crippen LogP contribution in [0, 0.1) is 12.3 Å². The van der Waals surface area contributed by atoms with E-state index in [0.717, 1.165) is 0 Å². The Morgan fingerprint density at radius 1 is 1.43 bits per heavy atom. The maximum atomic E-state index is 11.5. The van der Waals surface area contributed by atoms with Crippen LogP contribution in [0.3, 0.4) is 0 Å². The summed E-state index contributed by atoms with van der Waals surface area (Å²) in [5.41, 5.74) is -1.05. The van der Waals surface area contributed by atoms with Gasteiger partial charge in [-0.15, -0.1) is 6.42 Å². The first-order chi connectivity index (χ1) is 6.22. The molecule has 0 aliphatic rings. The number of ether oxygens (including phenoxy) is 1. The van der Waals surface area contributed by atoms with E-state index in [1.807, 2.05) is 13.8 Å². The van der Waals surface area contributed by atoms with Gasteiger partial charge < -0.3 is 10.1 Å². The molecule has 0 aliphatic carbocycles. The van der Waals surface area contributed by atoms with E-state index in [4.69, 9.17) is 11.2 Å². The zero-order valence-corrected chi connectivity index (χ0v) is 9.60. The molecule has 0 aromatic carbocycles. The van der Waals surface area contributed by atoms with Crippen molar-refractivity contribution in [2.45, 2.75) is 45.3 Å². The van der Waals surface area contributed by atoms with Crippen molar-refractivity contribution in [1.82, 2.24) is 5.32 Å². The molecular formula is C11H19NO2. The lowest BCUT2D eigenvalue weighted by Crippen LogP contribution is -2.44. The van der Waals surface area contributed by atoms with Crippen LogP contribution in [0.4, 0.5) is 0 Å². The Kier molecular flexibility index (Phi) is 4.15. The van der Waals surface area contributed by atoms with Gasteiger partial charge in [-0.3, -0.25) is 4.79 Å². The second-order valence-electron chi connectivity index (χ2n) is 4.46. The first-order valence-electron chi connectivity index (χ1n) is 4.56. The smallest absolute Gasteiger partial charge is 0.224 e. The van der Waals surface area contributed by atoms with Crippen molar-refractivity contribution < 1.29 is 9.53 Å². The topological polar surface area (TPSA) is 38.3 Å². The summed E-state index contributed by atoms with van der Waals surface area (Å²) in [5.74, 6) is 2.41. The van der Waals surface area contributed by atoms with Crippen LogP contribution >= 0.6 is 0 Å². The first-order valence-corrected chi connectivity index (χ1v) is 4.56. The third-order valence-electron chi connectivity index (χ3n) is 1.95. The highest BCUT2D eigenvalue weighted by Gasteiger charge is 2.24. The van der Waals surface area contributed by atoms with Crippen LogP contribution in [-0.2, 0) is 9.53 Å². The first kappa shape index (κ1) is 13.0. The van der Waals surface area contributed by atoms with Crippen LogP contribution in [-0.4, -0.2) is 24.2 Å². The molecule has 0 spiro atoms. The van der Waals surface area contributed by atoms with Crippen molar-refractivity contribution in [1.29, 1.82) is 0 Å². The molecule has 0 rings (SSSR count). The lowest BCUT2D eigenvalue weighted by molar-refractivity contribution is -0.127. The van der Waals surface area contributed by atoms with Gasteiger partial charge >= 0.3 is 0 Å². The van der Waals surface area contributed by atoms with Crippen LogP contribution in [0.5, 0.6) is 0 Å². The SMILES string of the molecule is C#CC(C)(C)NC(=O)CC(C)(C)OC. The molecule has 0 atom stereocenters. The van der Waals surface area contributed by atoms with E-state index < -0.39 is 11.1 Å². The number of rotatable bonds is 4. The fourth-order valence-corrected chi connectivity index (χ4v) is 0.888. The van der Waals surface area contributed by atoms with Gasteiger partial charge in [0.05, 0.1) is 17.6 Å². The minimum atomic E-state index is -0.596. The van der Waals surface area contributed by atoms with Crippen molar-refractivity contribution in [3.05, 3.63) is 0 Å². The predicted octanol–water partition coefficient (Wildman–Crippen LogP) is 1.33. The molecule has 1 amide bonds. The van der Waals surface area contributed by atoms with Crippen molar-refractivity contribution >= 4 is 5.91 Å². The Balaban J connectivity index is 4.21. The number of terminal acetylenes is 1. The third-order valence-corrected chi connectivity index (χ3v) is 1.95. The van der Waals surface area contributed by atoms with Gasteiger partial charge in [-0.1, -0.05) is 5.92 Å². The molecule has 3 heteroatoms. The Morgan fingerprint density at radius 2 is 1.93 bits per heavy atom. The number of carbonyl (C=O) groups excluding carboxylic acids is 1. The molecule has 0 unspecified atom stereocenters. The maximum absolute atomic E-state index is 11.5. The Morgan fingerprint density at radius 3 is 2.29 bits per heavy atom. The van der Waals surface area contributed by atoms with Gasteiger partial charge in [0.2, 0.25) is 5.91 Å². The van der Waals surface area contributed by atoms with Gasteiger partial charge in [-0.25, -0.2) is 0 Å². The fourth-order valence-electron chi connectivity index (χ4n) is 0.888. The van der Waals surface area contributed by atoms with Gasteiger partial charge in [0.15, 0.2) is 0 Å². The zero-order valence-electron chi connectivity index (χ0n) is 9.60. The van der Waals surface area contributed by atoms with Crippen LogP contribution < -0.4 is 5.32 Å². The molecule has 0 saturated heterocycles. The standard InChI is InChI=1S/C11H19NO2/c1-7-10(2,3)12-9(13)8-11(4,5)14-6/h1H,8H2,2-6H3,(H,12,13). The van der Waals surface area contributed by atoms with Crippen LogP contribution in [0.25, 0.3) is 0 Å². The number of nitrogens with one attached hydrogen (secondary N) is 1. The predicted molar refractivity (Wildman–Crippen MR) is 56.8 cm³/mol. The lowest BCUT2D eigenvalue weighted by atomic mass is 10.0. The van der Waals surface area contributed by atoms with Crippen molar-refractivity contribution in [3.8, 4) is 12.3 Å². The van der Waals surface area contributed by atoms with E-state index in [0.29, 0.717) is 6.42 Å². The molecule has 0 fully saturated rings. The highest BCUT2D eigenvalue weighted by molar-refractivity contribution is 5.78. The quantitative estimate of drug-likeness (QED) is 0.690. The second-order valence-corrected chi connectivity index (χ2v) is 4.46.